The Labute approximate surface area is 118 Å². The Kier molecular flexibility index (Phi) is 3.80. The van der Waals surface area contributed by atoms with Crippen LogP contribution in [-0.4, -0.2) is 42.3 Å². The minimum atomic E-state index is 0.278. The fourth-order valence-corrected chi connectivity index (χ4v) is 2.37. The molecule has 0 radical (unpaired) electrons. The molecule has 1 aromatic heterocycles. The smallest absolute Gasteiger partial charge is 0.257 e. The van der Waals surface area contributed by atoms with E-state index in [1.807, 2.05) is 12.1 Å². The van der Waals surface area contributed by atoms with Crippen LogP contribution in [0.25, 0.3) is 11.5 Å². The monoisotopic (exact) mass is 273 g/mol. The van der Waals surface area contributed by atoms with Crippen molar-refractivity contribution in [3.05, 3.63) is 35.7 Å². The van der Waals surface area contributed by atoms with Crippen LogP contribution in [0.1, 0.15) is 23.7 Å². The second-order valence-corrected chi connectivity index (χ2v) is 5.45. The molecule has 1 saturated heterocycles. The highest BCUT2D eigenvalue weighted by molar-refractivity contribution is 5.53. The van der Waals surface area contributed by atoms with Gasteiger partial charge in [0.25, 0.3) is 5.89 Å². The summed E-state index contributed by atoms with van der Waals surface area (Å²) in [7, 11) is 4.11. The second kappa shape index (κ2) is 5.73. The second-order valence-electron chi connectivity index (χ2n) is 5.45. The Morgan fingerprint density at radius 3 is 2.70 bits per heavy atom. The van der Waals surface area contributed by atoms with Crippen molar-refractivity contribution in [2.24, 2.45) is 0 Å². The standard InChI is InChI=1S/C15H19N3O2/c1-18(2)9-11-3-5-12(6-4-11)15-16-14(17-20-15)13-7-8-19-10-13/h3-6,13H,7-10H2,1-2H3. The first-order valence-electron chi connectivity index (χ1n) is 6.88. The fourth-order valence-electron chi connectivity index (χ4n) is 2.37. The number of hydrogen-bond donors (Lipinski definition) is 0. The maximum atomic E-state index is 5.36. The van der Waals surface area contributed by atoms with E-state index in [2.05, 4.69) is 41.3 Å². The van der Waals surface area contributed by atoms with Crippen LogP contribution in [0.5, 0.6) is 0 Å². The van der Waals surface area contributed by atoms with Gasteiger partial charge in [0.05, 0.1) is 6.61 Å². The summed E-state index contributed by atoms with van der Waals surface area (Å²) in [6.07, 6.45) is 0.973. The van der Waals surface area contributed by atoms with E-state index in [-0.39, 0.29) is 5.92 Å². The summed E-state index contributed by atoms with van der Waals surface area (Å²) in [5.41, 5.74) is 2.23. The third-order valence-electron chi connectivity index (χ3n) is 3.44. The zero-order chi connectivity index (χ0) is 13.9. The number of hydrogen-bond acceptors (Lipinski definition) is 5. The molecule has 1 aliphatic rings. The summed E-state index contributed by atoms with van der Waals surface area (Å²) in [6.45, 7) is 2.41. The van der Waals surface area contributed by atoms with Crippen molar-refractivity contribution in [3.63, 3.8) is 0 Å². The molecule has 0 N–H and O–H groups in total. The number of nitrogens with zero attached hydrogens (tertiary/aromatic N) is 3. The van der Waals surface area contributed by atoms with Crippen LogP contribution in [0.2, 0.25) is 0 Å². The predicted molar refractivity (Wildman–Crippen MR) is 75.3 cm³/mol. The third-order valence-corrected chi connectivity index (χ3v) is 3.44. The van der Waals surface area contributed by atoms with Gasteiger partial charge in [-0.2, -0.15) is 4.98 Å². The molecule has 0 spiro atoms. The molecule has 106 valence electrons. The van der Waals surface area contributed by atoms with Crippen LogP contribution >= 0.6 is 0 Å². The van der Waals surface area contributed by atoms with Gasteiger partial charge in [-0.3, -0.25) is 0 Å². The van der Waals surface area contributed by atoms with Gasteiger partial charge >= 0.3 is 0 Å². The molecule has 0 aliphatic carbocycles. The molecular formula is C15H19N3O2. The summed E-state index contributed by atoms with van der Waals surface area (Å²) in [5.74, 6) is 1.62. The van der Waals surface area contributed by atoms with Gasteiger partial charge in [-0.1, -0.05) is 17.3 Å². The Morgan fingerprint density at radius 2 is 2.05 bits per heavy atom. The van der Waals surface area contributed by atoms with Gasteiger partial charge in [0.1, 0.15) is 0 Å². The third kappa shape index (κ3) is 2.89. The highest BCUT2D eigenvalue weighted by Crippen LogP contribution is 2.25. The first-order chi connectivity index (χ1) is 9.72. The van der Waals surface area contributed by atoms with E-state index in [9.17, 15) is 0 Å². The molecule has 1 unspecified atom stereocenters. The zero-order valence-electron chi connectivity index (χ0n) is 11.9. The minimum Gasteiger partial charge on any atom is -0.381 e. The van der Waals surface area contributed by atoms with Gasteiger partial charge in [-0.05, 0) is 38.2 Å². The van der Waals surface area contributed by atoms with Crippen LogP contribution < -0.4 is 0 Å². The van der Waals surface area contributed by atoms with Crippen LogP contribution in [0.4, 0.5) is 0 Å². The van der Waals surface area contributed by atoms with Gasteiger partial charge in [0.2, 0.25) is 0 Å². The lowest BCUT2D eigenvalue weighted by Crippen LogP contribution is -2.10. The Morgan fingerprint density at radius 1 is 1.25 bits per heavy atom. The SMILES string of the molecule is CN(C)Cc1ccc(-c2nc(C3CCOC3)no2)cc1. The molecule has 0 saturated carbocycles. The summed E-state index contributed by atoms with van der Waals surface area (Å²) >= 11 is 0. The molecule has 1 aliphatic heterocycles. The highest BCUT2D eigenvalue weighted by Gasteiger charge is 2.23. The van der Waals surface area contributed by atoms with Gasteiger partial charge in [-0.15, -0.1) is 0 Å². The summed E-state index contributed by atoms with van der Waals surface area (Å²) in [5, 5.41) is 4.07. The van der Waals surface area contributed by atoms with Crippen LogP contribution in [0.3, 0.4) is 0 Å². The van der Waals surface area contributed by atoms with E-state index in [0.29, 0.717) is 12.5 Å². The summed E-state index contributed by atoms with van der Waals surface area (Å²) in [4.78, 5) is 6.62. The molecular weight excluding hydrogens is 254 g/mol. The van der Waals surface area contributed by atoms with Gasteiger partial charge in [0, 0.05) is 24.6 Å². The lowest BCUT2D eigenvalue weighted by atomic mass is 10.1. The van der Waals surface area contributed by atoms with E-state index in [1.165, 1.54) is 5.56 Å². The maximum Gasteiger partial charge on any atom is 0.257 e. The number of ether oxygens (including phenoxy) is 1. The van der Waals surface area contributed by atoms with Gasteiger partial charge in [0.15, 0.2) is 5.82 Å². The van der Waals surface area contributed by atoms with E-state index in [1.54, 1.807) is 0 Å². The largest absolute Gasteiger partial charge is 0.381 e. The molecule has 0 bridgehead atoms. The first kappa shape index (κ1) is 13.3. The molecule has 2 aromatic rings. The molecule has 0 amide bonds. The number of benzene rings is 1. The molecule has 1 atom stereocenters. The Balaban J connectivity index is 1.75. The molecule has 1 aromatic carbocycles. The lowest BCUT2D eigenvalue weighted by molar-refractivity contribution is 0.192. The predicted octanol–water partition coefficient (Wildman–Crippen LogP) is 2.30. The van der Waals surface area contributed by atoms with Crippen LogP contribution in [0.15, 0.2) is 28.8 Å². The van der Waals surface area contributed by atoms with Crippen molar-refractivity contribution in [1.82, 2.24) is 15.0 Å². The van der Waals surface area contributed by atoms with Crippen molar-refractivity contribution < 1.29 is 9.26 Å². The Bertz CT molecular complexity index is 557. The van der Waals surface area contributed by atoms with Gasteiger partial charge in [-0.25, -0.2) is 0 Å². The maximum absolute atomic E-state index is 5.36. The molecule has 1 fully saturated rings. The average molecular weight is 273 g/mol. The number of aromatic nitrogens is 2. The Hall–Kier alpha value is -1.72. The molecule has 5 nitrogen and oxygen atoms in total. The quantitative estimate of drug-likeness (QED) is 0.855. The van der Waals surface area contributed by atoms with E-state index in [4.69, 9.17) is 9.26 Å². The lowest BCUT2D eigenvalue weighted by Gasteiger charge is -2.09. The summed E-state index contributed by atoms with van der Waals surface area (Å²) < 4.78 is 10.7. The van der Waals surface area contributed by atoms with E-state index < -0.39 is 0 Å². The average Bonchev–Trinajstić information content (AvgIpc) is 3.10. The molecule has 5 heteroatoms. The van der Waals surface area contributed by atoms with Gasteiger partial charge < -0.3 is 14.2 Å². The first-order valence-corrected chi connectivity index (χ1v) is 6.88. The van der Waals surface area contributed by atoms with E-state index in [0.717, 1.165) is 31.0 Å². The molecule has 2 heterocycles. The highest BCUT2D eigenvalue weighted by atomic mass is 16.5. The van der Waals surface area contributed by atoms with Crippen LogP contribution in [-0.2, 0) is 11.3 Å². The van der Waals surface area contributed by atoms with Crippen LogP contribution in [0, 0.1) is 0 Å². The van der Waals surface area contributed by atoms with Crippen molar-refractivity contribution in [2.45, 2.75) is 18.9 Å². The molecule has 20 heavy (non-hydrogen) atoms. The topological polar surface area (TPSA) is 51.4 Å². The van der Waals surface area contributed by atoms with Crippen molar-refractivity contribution in [1.29, 1.82) is 0 Å². The normalized spacial score (nSPS) is 18.9. The minimum absolute atomic E-state index is 0.278. The molecule has 3 rings (SSSR count). The number of rotatable bonds is 4. The van der Waals surface area contributed by atoms with Crippen molar-refractivity contribution >= 4 is 0 Å². The van der Waals surface area contributed by atoms with Crippen molar-refractivity contribution in [3.8, 4) is 11.5 Å². The fraction of sp³-hybridized carbons (Fsp3) is 0.467. The zero-order valence-corrected chi connectivity index (χ0v) is 11.9. The van der Waals surface area contributed by atoms with E-state index >= 15 is 0 Å². The van der Waals surface area contributed by atoms with Crippen molar-refractivity contribution in [2.75, 3.05) is 27.3 Å². The summed E-state index contributed by atoms with van der Waals surface area (Å²) in [6, 6.07) is 8.25.